The Hall–Kier alpha value is 0.306. The number of carbonyl (C=O) groups excluding carboxylic acids is 1. The molecule has 0 rings (SSSR count). The number of rotatable bonds is 2. The first-order chi connectivity index (χ1) is 2.41. The maximum absolute atomic E-state index is 9.40. The van der Waals surface area contributed by atoms with Crippen LogP contribution in [-0.4, -0.2) is 26.1 Å². The summed E-state index contributed by atoms with van der Waals surface area (Å²) in [4.78, 5) is 9.40. The van der Waals surface area contributed by atoms with E-state index in [-0.39, 0.29) is 19.8 Å². The molecule has 0 unspecified atom stereocenters. The van der Waals surface area contributed by atoms with Crippen LogP contribution in [0.1, 0.15) is 19.8 Å². The minimum atomic E-state index is 0. The maximum atomic E-state index is 9.40. The fourth-order valence-electron chi connectivity index (χ4n) is 0.118. The molecule has 0 fully saturated rings. The van der Waals surface area contributed by atoms with Gasteiger partial charge in [-0.15, -0.1) is 0 Å². The zero-order chi connectivity index (χ0) is 4.12. The second kappa shape index (κ2) is 9.00. The van der Waals surface area contributed by atoms with E-state index in [0.717, 1.165) is 12.7 Å². The van der Waals surface area contributed by atoms with Crippen LogP contribution in [0.15, 0.2) is 0 Å². The van der Waals surface area contributed by atoms with E-state index in [1.807, 2.05) is 6.92 Å². The van der Waals surface area contributed by atoms with E-state index in [9.17, 15) is 4.79 Å². The molecule has 0 aromatic rings. The van der Waals surface area contributed by atoms with Crippen LogP contribution < -0.4 is 0 Å². The number of hydrogen-bond acceptors (Lipinski definition) is 1. The van der Waals surface area contributed by atoms with Gasteiger partial charge in [0.2, 0.25) is 0 Å². The molecule has 36 valence electrons. The fraction of sp³-hybridized carbons (Fsp3) is 0.750. The summed E-state index contributed by atoms with van der Waals surface area (Å²) in [5.74, 6) is 0. The normalized spacial score (nSPS) is 6.17. The van der Waals surface area contributed by atoms with Gasteiger partial charge in [-0.2, -0.15) is 0 Å². The molecule has 0 radical (unpaired) electrons. The summed E-state index contributed by atoms with van der Waals surface area (Å²) in [5, 5.41) is 0. The molecule has 0 aromatic carbocycles. The third kappa shape index (κ3) is 8.85. The van der Waals surface area contributed by atoms with Gasteiger partial charge in [-0.05, 0) is 6.42 Å². The number of unbranched alkanes of at least 4 members (excludes halogenated alkanes) is 1. The van der Waals surface area contributed by atoms with Gasteiger partial charge >= 0.3 is 19.8 Å². The van der Waals surface area contributed by atoms with Gasteiger partial charge in [0.1, 0.15) is 6.29 Å². The zero-order valence-electron chi connectivity index (χ0n) is 3.40. The molecule has 0 amide bonds. The van der Waals surface area contributed by atoms with Gasteiger partial charge in [0, 0.05) is 6.42 Å². The van der Waals surface area contributed by atoms with Crippen LogP contribution in [-0.2, 0) is 4.79 Å². The van der Waals surface area contributed by atoms with Crippen molar-refractivity contribution < 1.29 is 4.79 Å². The van der Waals surface area contributed by atoms with Gasteiger partial charge in [-0.25, -0.2) is 0 Å². The molecular weight excluding hydrogens is 134 g/mol. The van der Waals surface area contributed by atoms with E-state index in [1.165, 1.54) is 0 Å². The van der Waals surface area contributed by atoms with E-state index < -0.39 is 0 Å². The molecule has 0 aliphatic carbocycles. The van der Waals surface area contributed by atoms with Crippen LogP contribution in [0.3, 0.4) is 0 Å². The predicted octanol–water partition coefficient (Wildman–Crippen LogP) is -0.198. The molecule has 6 heavy (non-hydrogen) atoms. The van der Waals surface area contributed by atoms with E-state index in [0.29, 0.717) is 6.42 Å². The Kier molecular flexibility index (Phi) is 14.4. The summed E-state index contributed by atoms with van der Waals surface area (Å²) in [7, 11) is 0. The molecule has 2 heteroatoms. The van der Waals surface area contributed by atoms with Gasteiger partial charge in [0.05, 0.1) is 0 Å². The van der Waals surface area contributed by atoms with E-state index in [2.05, 4.69) is 0 Å². The molecule has 0 aliphatic heterocycles. The molecule has 1 nitrogen and oxygen atoms in total. The van der Waals surface area contributed by atoms with Crippen LogP contribution in [0.2, 0.25) is 0 Å². The van der Waals surface area contributed by atoms with Gasteiger partial charge in [0.15, 0.2) is 0 Å². The van der Waals surface area contributed by atoms with Crippen molar-refractivity contribution in [2.45, 2.75) is 19.8 Å². The second-order valence-corrected chi connectivity index (χ2v) is 0.955. The average molecular weight is 145 g/mol. The average Bonchev–Trinajstić information content (AvgIpc) is 1.41. The third-order valence-corrected chi connectivity index (χ3v) is 0.407. The van der Waals surface area contributed by atoms with E-state index in [1.54, 1.807) is 0 Å². The topological polar surface area (TPSA) is 17.1 Å². The summed E-state index contributed by atoms with van der Waals surface area (Å²) < 4.78 is 0. The van der Waals surface area contributed by atoms with Crippen molar-refractivity contribution in [1.29, 1.82) is 0 Å². The SMILES string of the molecule is CCCC=O.[GaH3]. The summed E-state index contributed by atoms with van der Waals surface area (Å²) in [6.45, 7) is 1.98. The Labute approximate surface area is 51.2 Å². The van der Waals surface area contributed by atoms with Gasteiger partial charge in [0.25, 0.3) is 0 Å². The van der Waals surface area contributed by atoms with Crippen molar-refractivity contribution in [1.82, 2.24) is 0 Å². The fourth-order valence-corrected chi connectivity index (χ4v) is 0.118. The quantitative estimate of drug-likeness (QED) is 0.388. The summed E-state index contributed by atoms with van der Waals surface area (Å²) in [5.41, 5.74) is 0. The Morgan fingerprint density at radius 2 is 2.17 bits per heavy atom. The Morgan fingerprint density at radius 1 is 1.67 bits per heavy atom. The second-order valence-electron chi connectivity index (χ2n) is 0.955. The molecule has 0 N–H and O–H groups in total. The van der Waals surface area contributed by atoms with Crippen LogP contribution in [0, 0.1) is 0 Å². The van der Waals surface area contributed by atoms with Crippen LogP contribution in [0.5, 0.6) is 0 Å². The predicted molar refractivity (Wildman–Crippen MR) is 30.9 cm³/mol. The van der Waals surface area contributed by atoms with Gasteiger partial charge < -0.3 is 4.79 Å². The molecule has 0 saturated heterocycles. The Balaban J connectivity index is 0. The minimum absolute atomic E-state index is 0. The van der Waals surface area contributed by atoms with Crippen molar-refractivity contribution >= 4 is 26.1 Å². The standard InChI is InChI=1S/C4H8O.Ga.3H/c1-2-3-4-5;;;;/h4H,2-3H2,1H3;;;;. The first-order valence-electron chi connectivity index (χ1n) is 1.85. The van der Waals surface area contributed by atoms with Crippen molar-refractivity contribution in [3.05, 3.63) is 0 Å². The van der Waals surface area contributed by atoms with Crippen molar-refractivity contribution in [3.63, 3.8) is 0 Å². The monoisotopic (exact) mass is 144 g/mol. The van der Waals surface area contributed by atoms with Crippen LogP contribution >= 0.6 is 0 Å². The molecule has 0 spiro atoms. The molecule has 0 atom stereocenters. The zero-order valence-corrected chi connectivity index (χ0v) is 3.40. The number of carbonyl (C=O) groups is 1. The first-order valence-corrected chi connectivity index (χ1v) is 1.85. The van der Waals surface area contributed by atoms with Crippen molar-refractivity contribution in [3.8, 4) is 0 Å². The Morgan fingerprint density at radius 3 is 2.17 bits per heavy atom. The molecule has 0 aromatic heterocycles. The molecule has 0 aliphatic rings. The van der Waals surface area contributed by atoms with Crippen molar-refractivity contribution in [2.75, 3.05) is 0 Å². The van der Waals surface area contributed by atoms with Gasteiger partial charge in [-0.3, -0.25) is 0 Å². The van der Waals surface area contributed by atoms with E-state index >= 15 is 0 Å². The Bertz CT molecular complexity index is 28.7. The van der Waals surface area contributed by atoms with Crippen molar-refractivity contribution in [2.24, 2.45) is 0 Å². The van der Waals surface area contributed by atoms with E-state index in [4.69, 9.17) is 0 Å². The molecule has 0 saturated carbocycles. The number of aldehydes is 1. The first kappa shape index (κ1) is 9.58. The molecular formula is C4H11GaO. The molecule has 0 bridgehead atoms. The summed E-state index contributed by atoms with van der Waals surface area (Å²) in [6, 6.07) is 0. The third-order valence-electron chi connectivity index (χ3n) is 0.407. The van der Waals surface area contributed by atoms with Crippen LogP contribution in [0.25, 0.3) is 0 Å². The summed E-state index contributed by atoms with van der Waals surface area (Å²) >= 11 is 0. The van der Waals surface area contributed by atoms with Crippen LogP contribution in [0.4, 0.5) is 0 Å². The summed E-state index contributed by atoms with van der Waals surface area (Å²) in [6.07, 6.45) is 2.61. The van der Waals surface area contributed by atoms with Gasteiger partial charge in [-0.1, -0.05) is 6.92 Å². The molecule has 0 heterocycles. The number of hydrogen-bond donors (Lipinski definition) is 0.